The molecule has 22 heavy (non-hydrogen) atoms. The summed E-state index contributed by atoms with van der Waals surface area (Å²) in [6, 6.07) is 2.02. The smallest absolute Gasteiger partial charge is 0.254 e. The zero-order valence-electron chi connectivity index (χ0n) is 14.6. The second-order valence-corrected chi connectivity index (χ2v) is 13.5. The van der Waals surface area contributed by atoms with E-state index < -0.39 is 8.32 Å². The van der Waals surface area contributed by atoms with Crippen molar-refractivity contribution in [1.82, 2.24) is 4.90 Å². The number of carbonyl (C=O) groups is 1. The SMILES string of the molecule is CC(C)(C)[Si](C)(C)OCc1cc(C(=O)N2CCCCC2)cs1. The number of thiophene rings is 1. The van der Waals surface area contributed by atoms with Gasteiger partial charge in [-0.25, -0.2) is 0 Å². The van der Waals surface area contributed by atoms with E-state index in [1.54, 1.807) is 11.3 Å². The molecule has 0 bridgehead atoms. The van der Waals surface area contributed by atoms with Gasteiger partial charge in [-0.1, -0.05) is 20.8 Å². The van der Waals surface area contributed by atoms with Gasteiger partial charge in [0.1, 0.15) is 0 Å². The van der Waals surface area contributed by atoms with Gasteiger partial charge >= 0.3 is 0 Å². The van der Waals surface area contributed by atoms with E-state index in [9.17, 15) is 4.79 Å². The molecular weight excluding hydrogens is 310 g/mol. The highest BCUT2D eigenvalue weighted by atomic mass is 32.1. The lowest BCUT2D eigenvalue weighted by Crippen LogP contribution is -2.40. The first-order chi connectivity index (χ1) is 10.2. The summed E-state index contributed by atoms with van der Waals surface area (Å²) < 4.78 is 6.24. The highest BCUT2D eigenvalue weighted by molar-refractivity contribution is 7.10. The molecular formula is C17H29NO2SSi. The van der Waals surface area contributed by atoms with Gasteiger partial charge in [-0.2, -0.15) is 0 Å². The minimum Gasteiger partial charge on any atom is -0.412 e. The molecule has 1 saturated heterocycles. The average Bonchev–Trinajstić information content (AvgIpc) is 2.93. The molecule has 1 fully saturated rings. The molecule has 0 aliphatic carbocycles. The summed E-state index contributed by atoms with van der Waals surface area (Å²) in [5.41, 5.74) is 0.834. The minimum atomic E-state index is -1.73. The maximum absolute atomic E-state index is 12.5. The predicted molar refractivity (Wildman–Crippen MR) is 96.1 cm³/mol. The standard InChI is InChI=1S/C17H29NO2SSi/c1-17(2,3)22(4,5)20-12-15-11-14(13-21-15)16(19)18-9-7-6-8-10-18/h11,13H,6-10,12H2,1-5H3. The number of likely N-dealkylation sites (tertiary alicyclic amines) is 1. The summed E-state index contributed by atoms with van der Waals surface area (Å²) in [5.74, 6) is 0.189. The maximum Gasteiger partial charge on any atom is 0.254 e. The summed E-state index contributed by atoms with van der Waals surface area (Å²) in [5, 5.41) is 2.21. The normalized spacial score (nSPS) is 16.9. The van der Waals surface area contributed by atoms with Crippen molar-refractivity contribution in [3.63, 3.8) is 0 Å². The van der Waals surface area contributed by atoms with E-state index in [1.807, 2.05) is 16.3 Å². The molecule has 0 saturated carbocycles. The molecule has 1 aromatic heterocycles. The topological polar surface area (TPSA) is 29.5 Å². The van der Waals surface area contributed by atoms with Crippen LogP contribution in [-0.2, 0) is 11.0 Å². The molecule has 3 nitrogen and oxygen atoms in total. The van der Waals surface area contributed by atoms with E-state index in [0.29, 0.717) is 6.61 Å². The second kappa shape index (κ2) is 6.85. The summed E-state index contributed by atoms with van der Waals surface area (Å²) in [7, 11) is -1.73. The molecule has 0 atom stereocenters. The van der Waals surface area contributed by atoms with Crippen LogP contribution in [0.3, 0.4) is 0 Å². The van der Waals surface area contributed by atoms with Crippen LogP contribution in [0.1, 0.15) is 55.3 Å². The molecule has 2 rings (SSSR count). The maximum atomic E-state index is 12.5. The third-order valence-electron chi connectivity index (χ3n) is 4.93. The van der Waals surface area contributed by atoms with E-state index in [1.165, 1.54) is 6.42 Å². The molecule has 124 valence electrons. The largest absolute Gasteiger partial charge is 0.412 e. The van der Waals surface area contributed by atoms with Crippen molar-refractivity contribution in [3.8, 4) is 0 Å². The molecule has 1 aromatic rings. The van der Waals surface area contributed by atoms with Gasteiger partial charge in [0.15, 0.2) is 8.32 Å². The average molecular weight is 340 g/mol. The van der Waals surface area contributed by atoms with Crippen LogP contribution >= 0.6 is 11.3 Å². The predicted octanol–water partition coefficient (Wildman–Crippen LogP) is 4.90. The highest BCUT2D eigenvalue weighted by Gasteiger charge is 2.37. The second-order valence-electron chi connectivity index (χ2n) is 7.70. The lowest BCUT2D eigenvalue weighted by Gasteiger charge is -2.36. The van der Waals surface area contributed by atoms with Gasteiger partial charge in [0.25, 0.3) is 5.91 Å². The Morgan fingerprint density at radius 1 is 1.27 bits per heavy atom. The first-order valence-corrected chi connectivity index (χ1v) is 12.0. The van der Waals surface area contributed by atoms with Crippen molar-refractivity contribution in [2.24, 2.45) is 0 Å². The van der Waals surface area contributed by atoms with E-state index in [4.69, 9.17) is 4.43 Å². The van der Waals surface area contributed by atoms with Crippen molar-refractivity contribution >= 4 is 25.6 Å². The van der Waals surface area contributed by atoms with Gasteiger partial charge in [0, 0.05) is 23.3 Å². The van der Waals surface area contributed by atoms with E-state index >= 15 is 0 Å². The molecule has 0 aromatic carbocycles. The fourth-order valence-electron chi connectivity index (χ4n) is 2.32. The molecule has 1 aliphatic rings. The molecule has 0 radical (unpaired) electrons. The van der Waals surface area contributed by atoms with Gasteiger partial charge in [0.05, 0.1) is 12.2 Å². The minimum absolute atomic E-state index is 0.189. The van der Waals surface area contributed by atoms with Crippen molar-refractivity contribution in [3.05, 3.63) is 21.9 Å². The van der Waals surface area contributed by atoms with Crippen LogP contribution in [0.5, 0.6) is 0 Å². The lowest BCUT2D eigenvalue weighted by atomic mass is 10.1. The summed E-state index contributed by atoms with van der Waals surface area (Å²) in [6.45, 7) is 13.7. The molecule has 1 amide bonds. The van der Waals surface area contributed by atoms with Crippen molar-refractivity contribution in [1.29, 1.82) is 0 Å². The number of carbonyl (C=O) groups excluding carboxylic acids is 1. The number of rotatable bonds is 4. The number of piperidine rings is 1. The lowest BCUT2D eigenvalue weighted by molar-refractivity contribution is 0.0725. The van der Waals surface area contributed by atoms with Crippen LogP contribution in [0, 0.1) is 0 Å². The highest BCUT2D eigenvalue weighted by Crippen LogP contribution is 2.37. The molecule has 0 N–H and O–H groups in total. The van der Waals surface area contributed by atoms with Crippen LogP contribution in [-0.4, -0.2) is 32.2 Å². The Labute approximate surface area is 139 Å². The van der Waals surface area contributed by atoms with Crippen molar-refractivity contribution < 1.29 is 9.22 Å². The Balaban J connectivity index is 1.95. The van der Waals surface area contributed by atoms with E-state index in [2.05, 4.69) is 33.9 Å². The third kappa shape index (κ3) is 4.21. The van der Waals surface area contributed by atoms with Gasteiger partial charge in [-0.3, -0.25) is 4.79 Å². The van der Waals surface area contributed by atoms with E-state index in [-0.39, 0.29) is 10.9 Å². The molecule has 0 spiro atoms. The Morgan fingerprint density at radius 3 is 2.50 bits per heavy atom. The number of hydrogen-bond donors (Lipinski definition) is 0. The number of nitrogens with zero attached hydrogens (tertiary/aromatic N) is 1. The van der Waals surface area contributed by atoms with Crippen LogP contribution in [0.4, 0.5) is 0 Å². The molecule has 2 heterocycles. The van der Waals surface area contributed by atoms with E-state index in [0.717, 1.165) is 36.4 Å². The van der Waals surface area contributed by atoms with Crippen LogP contribution in [0.2, 0.25) is 18.1 Å². The zero-order chi connectivity index (χ0) is 16.4. The van der Waals surface area contributed by atoms with Crippen molar-refractivity contribution in [2.75, 3.05) is 13.1 Å². The monoisotopic (exact) mass is 339 g/mol. The Morgan fingerprint density at radius 2 is 1.91 bits per heavy atom. The third-order valence-corrected chi connectivity index (χ3v) is 10.3. The fraction of sp³-hybridized carbons (Fsp3) is 0.706. The summed E-state index contributed by atoms with van der Waals surface area (Å²) in [4.78, 5) is 15.6. The zero-order valence-corrected chi connectivity index (χ0v) is 16.4. The Bertz CT molecular complexity index is 513. The summed E-state index contributed by atoms with van der Waals surface area (Å²) in [6.07, 6.45) is 3.52. The Kier molecular flexibility index (Phi) is 5.51. The molecule has 1 aliphatic heterocycles. The first-order valence-electron chi connectivity index (χ1n) is 8.21. The fourth-order valence-corrected chi connectivity index (χ4v) is 4.14. The number of amides is 1. The van der Waals surface area contributed by atoms with Crippen LogP contribution in [0.15, 0.2) is 11.4 Å². The molecule has 0 unspecified atom stereocenters. The molecule has 5 heteroatoms. The van der Waals surface area contributed by atoms with Crippen LogP contribution < -0.4 is 0 Å². The Hall–Kier alpha value is -0.653. The van der Waals surface area contributed by atoms with Crippen molar-refractivity contribution in [2.45, 2.75) is 64.8 Å². The van der Waals surface area contributed by atoms with Crippen LogP contribution in [0.25, 0.3) is 0 Å². The quantitative estimate of drug-likeness (QED) is 0.731. The van der Waals surface area contributed by atoms with Gasteiger partial charge in [-0.05, 0) is 43.5 Å². The number of hydrogen-bond acceptors (Lipinski definition) is 3. The first kappa shape index (κ1) is 17.7. The summed E-state index contributed by atoms with van der Waals surface area (Å²) >= 11 is 1.64. The van der Waals surface area contributed by atoms with Gasteiger partial charge in [-0.15, -0.1) is 11.3 Å². The van der Waals surface area contributed by atoms with Gasteiger partial charge in [0.2, 0.25) is 0 Å². The van der Waals surface area contributed by atoms with Gasteiger partial charge < -0.3 is 9.33 Å².